The first kappa shape index (κ1) is 28.6. The lowest BCUT2D eigenvalue weighted by molar-refractivity contribution is -0.149. The number of benzene rings is 1. The van der Waals surface area contributed by atoms with E-state index in [1.54, 1.807) is 9.80 Å². The Balaban J connectivity index is 1.48. The van der Waals surface area contributed by atoms with Crippen LogP contribution in [0.5, 0.6) is 0 Å². The van der Waals surface area contributed by atoms with Crippen LogP contribution < -0.4 is 0 Å². The molecule has 2 fully saturated rings. The quantitative estimate of drug-likeness (QED) is 0.338. The number of hydrogen-bond donors (Lipinski definition) is 1. The summed E-state index contributed by atoms with van der Waals surface area (Å²) < 4.78 is 6.75. The van der Waals surface area contributed by atoms with Crippen LogP contribution in [0.2, 0.25) is 0 Å². The number of aliphatic hydroxyl groups is 1. The van der Waals surface area contributed by atoms with Crippen molar-refractivity contribution in [1.82, 2.24) is 14.7 Å². The van der Waals surface area contributed by atoms with Gasteiger partial charge in [-0.1, -0.05) is 80.8 Å². The molecule has 5 rings (SSSR count). The van der Waals surface area contributed by atoms with Crippen LogP contribution in [-0.2, 0) is 25.7 Å². The number of unbranched alkanes of at least 4 members (excludes halogenated alkanes) is 3. The van der Waals surface area contributed by atoms with Gasteiger partial charge in [-0.05, 0) is 31.7 Å². The largest absolute Gasteiger partial charge is 0.396 e. The number of carbonyl (C=O) groups excluding carboxylic acids is 3. The van der Waals surface area contributed by atoms with E-state index in [2.05, 4.69) is 13.8 Å². The Morgan fingerprint density at radius 3 is 2.52 bits per heavy atom. The van der Waals surface area contributed by atoms with Gasteiger partial charge in [-0.15, -0.1) is 0 Å². The van der Waals surface area contributed by atoms with E-state index >= 15 is 0 Å². The highest BCUT2D eigenvalue weighted by Crippen LogP contribution is 2.53. The predicted molar refractivity (Wildman–Crippen MR) is 152 cm³/mol. The summed E-state index contributed by atoms with van der Waals surface area (Å²) in [6.45, 7) is 6.12. The van der Waals surface area contributed by atoms with Crippen LogP contribution in [-0.4, -0.2) is 87.6 Å². The number of aliphatic hydroxyl groups excluding tert-OH is 1. The summed E-state index contributed by atoms with van der Waals surface area (Å²) in [6, 6.07) is 9.11. The number of fused-ring (bicyclic) bond motifs is 2. The highest BCUT2D eigenvalue weighted by atomic mass is 16.5. The molecule has 0 radical (unpaired) electrons. The van der Waals surface area contributed by atoms with Crippen molar-refractivity contribution >= 4 is 17.7 Å². The van der Waals surface area contributed by atoms with Gasteiger partial charge >= 0.3 is 0 Å². The first-order valence-electron chi connectivity index (χ1n) is 15.0. The maximum atomic E-state index is 14.3. The van der Waals surface area contributed by atoms with Gasteiger partial charge in [0.2, 0.25) is 17.7 Å². The summed E-state index contributed by atoms with van der Waals surface area (Å²) in [7, 11) is 0. The molecule has 0 aromatic heterocycles. The van der Waals surface area contributed by atoms with Gasteiger partial charge in [0.25, 0.3) is 0 Å². The SMILES string of the molecule is CCCC(C)N1CC=C[C@]23O[C@@H]4C=CCN(Cc5ccccc5)C(=O)[C@@H]4[C@H]2C(=O)N(CCCCCCO)C3C1=O. The van der Waals surface area contributed by atoms with E-state index in [0.717, 1.165) is 44.1 Å². The molecule has 0 saturated carbocycles. The van der Waals surface area contributed by atoms with Gasteiger partial charge in [-0.25, -0.2) is 0 Å². The van der Waals surface area contributed by atoms with E-state index in [1.165, 1.54) is 0 Å². The lowest BCUT2D eigenvalue weighted by atomic mass is 9.77. The molecule has 1 spiro atoms. The predicted octanol–water partition coefficient (Wildman–Crippen LogP) is 3.31. The maximum absolute atomic E-state index is 14.3. The summed E-state index contributed by atoms with van der Waals surface area (Å²) in [6.07, 6.45) is 12.2. The van der Waals surface area contributed by atoms with E-state index in [-0.39, 0.29) is 30.4 Å². The number of carbonyl (C=O) groups is 3. The number of likely N-dealkylation sites (tertiary alicyclic amines) is 1. The number of hydrogen-bond acceptors (Lipinski definition) is 5. The van der Waals surface area contributed by atoms with Crippen LogP contribution in [0.4, 0.5) is 0 Å². The molecule has 2 unspecified atom stereocenters. The lowest BCUT2D eigenvalue weighted by Crippen LogP contribution is -2.56. The van der Waals surface area contributed by atoms with E-state index in [1.807, 2.05) is 59.5 Å². The summed E-state index contributed by atoms with van der Waals surface area (Å²) in [4.78, 5) is 48.2. The van der Waals surface area contributed by atoms with Gasteiger partial charge in [0.1, 0.15) is 11.6 Å². The van der Waals surface area contributed by atoms with Crippen LogP contribution in [0.15, 0.2) is 54.6 Å². The fourth-order valence-electron chi connectivity index (χ4n) is 7.11. The Bertz CT molecular complexity index is 1140. The third-order valence-corrected chi connectivity index (χ3v) is 9.04. The van der Waals surface area contributed by atoms with Crippen LogP contribution >= 0.6 is 0 Å². The number of amides is 3. The normalized spacial score (nSPS) is 30.3. The average molecular weight is 550 g/mol. The van der Waals surface area contributed by atoms with Gasteiger partial charge in [-0.3, -0.25) is 14.4 Å². The van der Waals surface area contributed by atoms with Gasteiger partial charge in [-0.2, -0.15) is 0 Å². The van der Waals surface area contributed by atoms with Crippen molar-refractivity contribution in [3.05, 3.63) is 60.2 Å². The molecule has 8 heteroatoms. The second-order valence-electron chi connectivity index (χ2n) is 11.7. The first-order chi connectivity index (χ1) is 19.4. The van der Waals surface area contributed by atoms with Gasteiger partial charge in [0, 0.05) is 38.8 Å². The zero-order valence-electron chi connectivity index (χ0n) is 23.8. The Labute approximate surface area is 237 Å². The minimum Gasteiger partial charge on any atom is -0.396 e. The van der Waals surface area contributed by atoms with Crippen LogP contribution in [0.1, 0.15) is 57.9 Å². The van der Waals surface area contributed by atoms with Crippen molar-refractivity contribution < 1.29 is 24.2 Å². The summed E-state index contributed by atoms with van der Waals surface area (Å²) >= 11 is 0. The van der Waals surface area contributed by atoms with E-state index in [9.17, 15) is 14.4 Å². The van der Waals surface area contributed by atoms with Crippen LogP contribution in [0, 0.1) is 11.8 Å². The van der Waals surface area contributed by atoms with Crippen LogP contribution in [0.25, 0.3) is 0 Å². The molecule has 1 N–H and O–H groups in total. The minimum atomic E-state index is -1.18. The van der Waals surface area contributed by atoms with Crippen molar-refractivity contribution in [3.63, 3.8) is 0 Å². The van der Waals surface area contributed by atoms with Gasteiger partial charge in [0.15, 0.2) is 0 Å². The maximum Gasteiger partial charge on any atom is 0.249 e. The van der Waals surface area contributed by atoms with Crippen molar-refractivity contribution in [2.45, 2.75) is 82.7 Å². The van der Waals surface area contributed by atoms with Crippen molar-refractivity contribution in [2.24, 2.45) is 11.8 Å². The minimum absolute atomic E-state index is 0.0348. The third-order valence-electron chi connectivity index (χ3n) is 9.04. The van der Waals surface area contributed by atoms with Crippen molar-refractivity contribution in [2.75, 3.05) is 26.2 Å². The number of rotatable bonds is 11. The van der Waals surface area contributed by atoms with Crippen molar-refractivity contribution in [1.29, 1.82) is 0 Å². The van der Waals surface area contributed by atoms with Crippen molar-refractivity contribution in [3.8, 4) is 0 Å². The molecule has 4 heterocycles. The second kappa shape index (κ2) is 12.3. The van der Waals surface area contributed by atoms with Crippen LogP contribution in [0.3, 0.4) is 0 Å². The van der Waals surface area contributed by atoms with Gasteiger partial charge < -0.3 is 24.5 Å². The Kier molecular flexibility index (Phi) is 8.76. The molecule has 6 atom stereocenters. The third kappa shape index (κ3) is 5.12. The lowest BCUT2D eigenvalue weighted by Gasteiger charge is -2.37. The molecule has 216 valence electrons. The topological polar surface area (TPSA) is 90.4 Å². The number of ether oxygens (including phenoxy) is 1. The Morgan fingerprint density at radius 2 is 1.77 bits per heavy atom. The molecular weight excluding hydrogens is 506 g/mol. The zero-order valence-corrected chi connectivity index (χ0v) is 23.8. The molecule has 0 aliphatic carbocycles. The molecule has 4 aliphatic heterocycles. The smallest absolute Gasteiger partial charge is 0.249 e. The van der Waals surface area contributed by atoms with Gasteiger partial charge in [0.05, 0.1) is 17.9 Å². The molecule has 8 nitrogen and oxygen atoms in total. The highest BCUT2D eigenvalue weighted by Gasteiger charge is 2.71. The molecule has 1 aromatic carbocycles. The fraction of sp³-hybridized carbons (Fsp3) is 0.594. The van der Waals surface area contributed by atoms with E-state index in [4.69, 9.17) is 9.84 Å². The Morgan fingerprint density at radius 1 is 1.00 bits per heavy atom. The zero-order chi connectivity index (χ0) is 28.3. The average Bonchev–Trinajstić information content (AvgIpc) is 3.26. The molecule has 0 bridgehead atoms. The summed E-state index contributed by atoms with van der Waals surface area (Å²) in [5.41, 5.74) is -0.146. The molecular formula is C32H43N3O5. The molecule has 40 heavy (non-hydrogen) atoms. The molecule has 4 aliphatic rings. The molecule has 2 saturated heterocycles. The first-order valence-corrected chi connectivity index (χ1v) is 15.0. The molecule has 1 aromatic rings. The standard InChI is InChI=1S/C32H43N3O5/c1-3-13-23(2)34-20-12-17-32-27(30(38)35(28(32)31(34)39)19-9-4-5-10-21-36)26-25(40-32)16-11-18-33(29(26)37)22-24-14-7-6-8-15-24/h6-8,11-12,14-17,23,25-28,36H,3-5,9-10,13,18-22H2,1-2H3/t23?,25-,26+,27+,28?,32+/m1/s1. The summed E-state index contributed by atoms with van der Waals surface area (Å²) in [5.74, 6) is -1.79. The second-order valence-corrected chi connectivity index (χ2v) is 11.7. The number of nitrogens with zero attached hydrogens (tertiary/aromatic N) is 3. The highest BCUT2D eigenvalue weighted by molar-refractivity contribution is 5.99. The van der Waals surface area contributed by atoms with E-state index in [0.29, 0.717) is 26.2 Å². The monoisotopic (exact) mass is 549 g/mol. The Hall–Kier alpha value is -2.97. The molecule has 3 amide bonds. The van der Waals surface area contributed by atoms with E-state index < -0.39 is 29.6 Å². The fourth-order valence-corrected chi connectivity index (χ4v) is 7.11. The summed E-state index contributed by atoms with van der Waals surface area (Å²) in [5, 5.41) is 9.16.